The molecule has 6 rings (SSSR count). The number of anilines is 1. The van der Waals surface area contributed by atoms with Crippen molar-refractivity contribution in [3.8, 4) is 5.75 Å². The van der Waals surface area contributed by atoms with E-state index in [1.807, 2.05) is 61.5 Å². The number of allylic oxidation sites excluding steroid dienone is 7. The quantitative estimate of drug-likeness (QED) is 0.0491. The van der Waals surface area contributed by atoms with Crippen molar-refractivity contribution in [3.63, 3.8) is 0 Å². The average Bonchev–Trinajstić information content (AvgIpc) is 3.57. The Morgan fingerprint density at radius 3 is 1.92 bits per heavy atom. The number of rotatable bonds is 19. The molecule has 2 aliphatic heterocycles. The first kappa shape index (κ1) is 66.1. The topological polar surface area (TPSA) is 279 Å². The molecular formula is C46H52N2Na4O15S4+2. The van der Waals surface area contributed by atoms with Crippen molar-refractivity contribution in [3.05, 3.63) is 119 Å². The van der Waals surface area contributed by atoms with Crippen LogP contribution in [0.25, 0.3) is 0 Å². The van der Waals surface area contributed by atoms with Gasteiger partial charge in [-0.1, -0.05) is 26.3 Å². The second-order valence-corrected chi connectivity index (χ2v) is 23.4. The number of carbonyl (C=O) groups is 1. The van der Waals surface area contributed by atoms with E-state index >= 15 is 0 Å². The molecule has 3 aliphatic rings. The van der Waals surface area contributed by atoms with Crippen LogP contribution in [0.1, 0.15) is 96.6 Å². The number of fused-ring (bicyclic) bond motifs is 2. The second kappa shape index (κ2) is 26.4. The smallest absolute Gasteiger partial charge is 0.748 e. The molecule has 25 heteroatoms. The van der Waals surface area contributed by atoms with Crippen LogP contribution >= 0.6 is 0 Å². The molecule has 0 atom stereocenters. The van der Waals surface area contributed by atoms with Gasteiger partial charge in [-0.3, -0.25) is 9.35 Å². The van der Waals surface area contributed by atoms with Gasteiger partial charge >= 0.3 is 124 Å². The Balaban J connectivity index is 0.00000432. The summed E-state index contributed by atoms with van der Waals surface area (Å²) in [6, 6.07) is 13.4. The van der Waals surface area contributed by atoms with Crippen molar-refractivity contribution >= 4 is 63.5 Å². The number of benzene rings is 3. The molecule has 362 valence electrons. The third-order valence-electron chi connectivity index (χ3n) is 12.3. The molecular weight excluding hydrogens is 1040 g/mol. The van der Waals surface area contributed by atoms with Gasteiger partial charge in [0.15, 0.2) is 5.71 Å². The zero-order chi connectivity index (χ0) is 49.3. The maximum Gasteiger partial charge on any atom is 1.00 e. The van der Waals surface area contributed by atoms with E-state index in [1.165, 1.54) is 42.5 Å². The Bertz CT molecular complexity index is 3100. The van der Waals surface area contributed by atoms with Crippen LogP contribution in [0.2, 0.25) is 0 Å². The summed E-state index contributed by atoms with van der Waals surface area (Å²) >= 11 is 0. The van der Waals surface area contributed by atoms with Crippen LogP contribution in [0.5, 0.6) is 5.75 Å². The third-order valence-corrected chi connectivity index (χ3v) is 15.6. The van der Waals surface area contributed by atoms with Crippen molar-refractivity contribution in [1.82, 2.24) is 0 Å². The normalized spacial score (nSPS) is 17.5. The number of carboxylic acid groups (broad SMARTS) is 1. The van der Waals surface area contributed by atoms with Gasteiger partial charge in [-0.15, -0.1) is 0 Å². The first-order valence-electron chi connectivity index (χ1n) is 21.5. The maximum absolute atomic E-state index is 12.2. The standard InChI is InChI=1S/C46H54N2O15S4.4Na/c1-45(2)37-29-35(66(57,58)59)20-22-39(37)47(26-7-5-6-13-43(49)50)41(45)24-14-31-11-10-12-32(44(31)63-33-16-18-34(19-17-33)65(54,55)56)15-25-42-46(3,4)38-30-36(67(60,61)62)21-23-40(38)48(42)27-8-9-28-64(51,52)53;;;;/h14-25,29-30H,5-13,26-28H2,1-4H3,(H4-,49,50,51,52,53,54,55,56,57,58,59,60,61,62);;;;/q;4*+1/p-2. The summed E-state index contributed by atoms with van der Waals surface area (Å²) < 4.78 is 149. The molecule has 0 radical (unpaired) electrons. The molecule has 0 spiro atoms. The second-order valence-electron chi connectivity index (χ2n) is 17.7. The molecule has 0 fully saturated rings. The van der Waals surface area contributed by atoms with E-state index in [-0.39, 0.29) is 155 Å². The number of nitrogens with zero attached hydrogens (tertiary/aromatic N) is 2. The van der Waals surface area contributed by atoms with Crippen LogP contribution in [-0.2, 0) is 56.1 Å². The Morgan fingerprint density at radius 2 is 1.32 bits per heavy atom. The first-order chi connectivity index (χ1) is 31.1. The molecule has 0 aromatic heterocycles. The first-order valence-corrected chi connectivity index (χ1v) is 27.3. The van der Waals surface area contributed by atoms with Crippen molar-refractivity contribution in [1.29, 1.82) is 0 Å². The van der Waals surface area contributed by atoms with Gasteiger partial charge in [-0.05, 0) is 136 Å². The van der Waals surface area contributed by atoms with Crippen molar-refractivity contribution in [2.24, 2.45) is 0 Å². The van der Waals surface area contributed by atoms with Gasteiger partial charge in [0.25, 0.3) is 10.1 Å². The molecule has 0 unspecified atom stereocenters. The predicted octanol–water partition coefficient (Wildman–Crippen LogP) is -5.21. The predicted molar refractivity (Wildman–Crippen MR) is 245 cm³/mol. The fraction of sp³-hybridized carbons (Fsp3) is 0.391. The van der Waals surface area contributed by atoms with Crippen LogP contribution in [0.3, 0.4) is 0 Å². The molecule has 71 heavy (non-hydrogen) atoms. The maximum atomic E-state index is 12.2. The summed E-state index contributed by atoms with van der Waals surface area (Å²) in [5, 5.41) is 9.18. The van der Waals surface area contributed by atoms with E-state index in [9.17, 15) is 61.8 Å². The van der Waals surface area contributed by atoms with E-state index in [0.717, 1.165) is 17.8 Å². The molecule has 0 saturated heterocycles. The summed E-state index contributed by atoms with van der Waals surface area (Å²) in [7, 11) is -18.6. The van der Waals surface area contributed by atoms with Crippen molar-refractivity contribution in [2.75, 3.05) is 23.7 Å². The van der Waals surface area contributed by atoms with Gasteiger partial charge in [-0.2, -0.15) is 13.0 Å². The van der Waals surface area contributed by atoms with Crippen LogP contribution in [-0.4, -0.2) is 92.1 Å². The monoisotopic (exact) mass is 1090 g/mol. The van der Waals surface area contributed by atoms with Crippen LogP contribution in [0.15, 0.2) is 122 Å². The molecule has 2 N–H and O–H groups in total. The molecule has 3 aromatic carbocycles. The van der Waals surface area contributed by atoms with E-state index in [0.29, 0.717) is 90.2 Å². The summed E-state index contributed by atoms with van der Waals surface area (Å²) in [4.78, 5) is 12.1. The van der Waals surface area contributed by atoms with E-state index in [1.54, 1.807) is 6.07 Å². The zero-order valence-corrected chi connectivity index (χ0v) is 52.6. The van der Waals surface area contributed by atoms with Gasteiger partial charge in [-0.25, -0.2) is 25.3 Å². The SMILES string of the molecule is CC1(C)C(=CC=C2CCCC(C=CC3=[N+](CCCCS(=O)(=O)[O-])c4ccc(S(=O)(=O)[O-])cc4C3(C)C)=C2Oc2ccc(S(=O)(=O)[O-])cc2)N(CCCCCC(=O)O)c2ccc(S(=O)(=O)O)cc21.[Na+].[Na+].[Na+].[Na+]. The van der Waals surface area contributed by atoms with E-state index in [2.05, 4.69) is 0 Å². The molecule has 3 aromatic rings. The minimum absolute atomic E-state index is 0. The molecule has 1 aliphatic carbocycles. The summed E-state index contributed by atoms with van der Waals surface area (Å²) in [6.45, 7) is 8.24. The molecule has 0 amide bonds. The Hall–Kier alpha value is -1.000. The van der Waals surface area contributed by atoms with Gasteiger partial charge in [0, 0.05) is 59.6 Å². The fourth-order valence-electron chi connectivity index (χ4n) is 8.88. The summed E-state index contributed by atoms with van der Waals surface area (Å²) in [5.41, 5.74) is 3.62. The van der Waals surface area contributed by atoms with E-state index in [4.69, 9.17) is 4.74 Å². The Kier molecular flexibility index (Phi) is 24.6. The average molecular weight is 1090 g/mol. The number of unbranched alkanes of at least 4 members (excludes halogenated alkanes) is 3. The largest absolute Gasteiger partial charge is 1.00 e. The van der Waals surface area contributed by atoms with Crippen LogP contribution in [0, 0.1) is 0 Å². The number of aliphatic carboxylic acids is 1. The summed E-state index contributed by atoms with van der Waals surface area (Å²) in [6.07, 6.45) is 11.1. The molecule has 17 nitrogen and oxygen atoms in total. The molecule has 0 saturated carbocycles. The zero-order valence-electron chi connectivity index (χ0n) is 41.3. The fourth-order valence-corrected chi connectivity index (χ4v) is 10.9. The van der Waals surface area contributed by atoms with E-state index < -0.39 is 72.8 Å². The van der Waals surface area contributed by atoms with Crippen molar-refractivity contribution in [2.45, 2.75) is 111 Å². The Morgan fingerprint density at radius 1 is 0.718 bits per heavy atom. The van der Waals surface area contributed by atoms with Gasteiger partial charge in [0.1, 0.15) is 38.3 Å². The van der Waals surface area contributed by atoms with Crippen LogP contribution < -0.4 is 128 Å². The molecule has 0 bridgehead atoms. The number of hydrogen-bond acceptors (Lipinski definition) is 14. The number of hydrogen-bond donors (Lipinski definition) is 2. The third kappa shape index (κ3) is 16.5. The number of ether oxygens (including phenoxy) is 1. The minimum atomic E-state index is -4.83. The minimum Gasteiger partial charge on any atom is -0.748 e. The van der Waals surface area contributed by atoms with Crippen molar-refractivity contribution < 1.29 is 189 Å². The van der Waals surface area contributed by atoms with Crippen LogP contribution in [0.4, 0.5) is 11.4 Å². The van der Waals surface area contributed by atoms with Gasteiger partial charge in [0.05, 0.1) is 30.2 Å². The van der Waals surface area contributed by atoms with Gasteiger partial charge in [0.2, 0.25) is 5.69 Å². The Labute approximate surface area is 505 Å². The number of carboxylic acids is 1. The summed E-state index contributed by atoms with van der Waals surface area (Å²) in [5.74, 6) is -0.857. The van der Waals surface area contributed by atoms with Gasteiger partial charge < -0.3 is 28.4 Å². The molecule has 2 heterocycles.